The number of carbonyl (C=O) groups is 1. The average molecular weight is 405 g/mol. The van der Waals surface area contributed by atoms with Crippen LogP contribution in [0.5, 0.6) is 0 Å². The Balaban J connectivity index is 1.62. The molecule has 0 saturated carbocycles. The van der Waals surface area contributed by atoms with Crippen molar-refractivity contribution in [3.63, 3.8) is 0 Å². The maximum atomic E-state index is 13.3. The van der Waals surface area contributed by atoms with Gasteiger partial charge in [-0.1, -0.05) is 0 Å². The number of hydrogen-bond acceptors (Lipinski definition) is 5. The Morgan fingerprint density at radius 3 is 3.00 bits per heavy atom. The molecule has 1 N–H and O–H groups in total. The van der Waals surface area contributed by atoms with Crippen molar-refractivity contribution in [2.75, 3.05) is 11.5 Å². The highest BCUT2D eigenvalue weighted by molar-refractivity contribution is 9.10. The van der Waals surface area contributed by atoms with E-state index in [1.165, 1.54) is 0 Å². The van der Waals surface area contributed by atoms with Gasteiger partial charge in [0.25, 0.3) is 0 Å². The van der Waals surface area contributed by atoms with E-state index >= 15 is 0 Å². The second kappa shape index (κ2) is 4.83. The van der Waals surface area contributed by atoms with Crippen molar-refractivity contribution in [3.8, 4) is 6.07 Å². The first-order valence-electron chi connectivity index (χ1n) is 8.44. The largest absolute Gasteiger partial charge is 0.390 e. The second-order valence-corrected chi connectivity index (χ2v) is 8.44. The average Bonchev–Trinajstić information content (AvgIpc) is 3.11. The first-order chi connectivity index (χ1) is 11.9. The number of nitriles is 1. The van der Waals surface area contributed by atoms with Crippen LogP contribution in [-0.4, -0.2) is 41.2 Å². The molecule has 0 aliphatic carbocycles. The zero-order valence-electron chi connectivity index (χ0n) is 13.6. The number of anilines is 1. The molecule has 4 aliphatic heterocycles. The lowest BCUT2D eigenvalue weighted by molar-refractivity contribution is -0.163. The summed E-state index contributed by atoms with van der Waals surface area (Å²) in [5.74, 6) is -0.502. The Morgan fingerprint density at radius 2 is 2.28 bits per heavy atom. The maximum Gasteiger partial charge on any atom is 0.235 e. The van der Waals surface area contributed by atoms with Gasteiger partial charge < -0.3 is 14.6 Å². The maximum absolute atomic E-state index is 13.3. The molecule has 25 heavy (non-hydrogen) atoms. The van der Waals surface area contributed by atoms with Crippen LogP contribution in [0.2, 0.25) is 0 Å². The van der Waals surface area contributed by atoms with E-state index in [-0.39, 0.29) is 17.7 Å². The molecule has 130 valence electrons. The number of carbonyl (C=O) groups excluding carboxylic acids is 1. The van der Waals surface area contributed by atoms with Crippen molar-refractivity contribution in [1.82, 2.24) is 0 Å². The van der Waals surface area contributed by atoms with Crippen molar-refractivity contribution >= 4 is 27.5 Å². The molecule has 0 radical (unpaired) electrons. The van der Waals surface area contributed by atoms with Gasteiger partial charge >= 0.3 is 0 Å². The minimum atomic E-state index is -0.684. The molecular formula is C18H17BrN2O4. The molecule has 2 bridgehead atoms. The Kier molecular flexibility index (Phi) is 3.05. The highest BCUT2D eigenvalue weighted by Gasteiger charge is 2.78. The van der Waals surface area contributed by atoms with Crippen molar-refractivity contribution in [2.45, 2.75) is 43.3 Å². The van der Waals surface area contributed by atoms with Crippen molar-refractivity contribution < 1.29 is 19.4 Å². The normalized spacial score (nSPS) is 44.1. The van der Waals surface area contributed by atoms with E-state index in [1.54, 1.807) is 23.1 Å². The lowest BCUT2D eigenvalue weighted by atomic mass is 9.65. The molecule has 4 aliphatic rings. The van der Waals surface area contributed by atoms with Crippen LogP contribution in [0, 0.1) is 23.2 Å². The molecule has 4 saturated heterocycles. The third-order valence-electron chi connectivity index (χ3n) is 6.36. The van der Waals surface area contributed by atoms with E-state index < -0.39 is 23.5 Å². The fourth-order valence-corrected chi connectivity index (χ4v) is 5.88. The fourth-order valence-electron chi connectivity index (χ4n) is 5.42. The van der Waals surface area contributed by atoms with E-state index in [1.807, 2.05) is 6.92 Å². The predicted octanol–water partition coefficient (Wildman–Crippen LogP) is 1.94. The molecule has 1 aromatic carbocycles. The van der Waals surface area contributed by atoms with Crippen molar-refractivity contribution in [3.05, 3.63) is 28.2 Å². The van der Waals surface area contributed by atoms with Gasteiger partial charge in [0.05, 0.1) is 35.7 Å². The Labute approximate surface area is 153 Å². The third-order valence-corrected chi connectivity index (χ3v) is 7.02. The van der Waals surface area contributed by atoms with Gasteiger partial charge in [-0.25, -0.2) is 0 Å². The molecule has 4 heterocycles. The van der Waals surface area contributed by atoms with Gasteiger partial charge in [0.2, 0.25) is 5.91 Å². The number of hydrogen-bond donors (Lipinski definition) is 1. The summed E-state index contributed by atoms with van der Waals surface area (Å²) in [5.41, 5.74) is -0.116. The molecular weight excluding hydrogens is 388 g/mol. The highest BCUT2D eigenvalue weighted by atomic mass is 79.9. The fraction of sp³-hybridized carbons (Fsp3) is 0.556. The summed E-state index contributed by atoms with van der Waals surface area (Å²) in [4.78, 5) is 15.0. The molecule has 1 amide bonds. The van der Waals surface area contributed by atoms with Crippen LogP contribution in [0.3, 0.4) is 0 Å². The highest BCUT2D eigenvalue weighted by Crippen LogP contribution is 2.65. The zero-order valence-corrected chi connectivity index (χ0v) is 15.2. The summed E-state index contributed by atoms with van der Waals surface area (Å²) in [6.07, 6.45) is 0.0883. The van der Waals surface area contributed by atoms with Crippen LogP contribution in [0.4, 0.5) is 5.69 Å². The number of fused-ring (bicyclic) bond motifs is 2. The van der Waals surface area contributed by atoms with Gasteiger partial charge in [-0.15, -0.1) is 0 Å². The van der Waals surface area contributed by atoms with Gasteiger partial charge in [0.15, 0.2) is 0 Å². The first-order valence-corrected chi connectivity index (χ1v) is 9.23. The van der Waals surface area contributed by atoms with Crippen LogP contribution in [-0.2, 0) is 14.3 Å². The van der Waals surface area contributed by atoms with Gasteiger partial charge in [-0.2, -0.15) is 5.26 Å². The Bertz CT molecular complexity index is 839. The summed E-state index contributed by atoms with van der Waals surface area (Å²) in [5, 5.41) is 19.7. The van der Waals surface area contributed by atoms with Crippen LogP contribution in [0.25, 0.3) is 0 Å². The Morgan fingerprint density at radius 1 is 1.48 bits per heavy atom. The number of nitrogens with zero attached hydrogens (tertiary/aromatic N) is 2. The smallest absolute Gasteiger partial charge is 0.235 e. The number of ether oxygens (including phenoxy) is 2. The summed E-state index contributed by atoms with van der Waals surface area (Å²) in [7, 11) is 0. The summed E-state index contributed by atoms with van der Waals surface area (Å²) < 4.78 is 12.9. The minimum Gasteiger partial charge on any atom is -0.390 e. The van der Waals surface area contributed by atoms with Gasteiger partial charge in [0, 0.05) is 23.0 Å². The molecule has 0 unspecified atom stereocenters. The first kappa shape index (κ1) is 15.8. The molecule has 0 aromatic heterocycles. The van der Waals surface area contributed by atoms with E-state index in [9.17, 15) is 9.90 Å². The lowest BCUT2D eigenvalue weighted by Crippen LogP contribution is -2.56. The predicted molar refractivity (Wildman–Crippen MR) is 90.5 cm³/mol. The number of benzene rings is 1. The van der Waals surface area contributed by atoms with Crippen LogP contribution in [0.1, 0.15) is 25.3 Å². The van der Waals surface area contributed by atoms with Gasteiger partial charge in [-0.05, 0) is 41.1 Å². The molecule has 5 rings (SSSR count). The summed E-state index contributed by atoms with van der Waals surface area (Å²) in [6.45, 7) is 2.38. The van der Waals surface area contributed by atoms with E-state index in [4.69, 9.17) is 14.7 Å². The lowest BCUT2D eigenvalue weighted by Gasteiger charge is -2.43. The molecule has 6 nitrogen and oxygen atoms in total. The number of aliphatic hydroxyl groups excluding tert-OH is 1. The second-order valence-electron chi connectivity index (χ2n) is 7.59. The zero-order chi connectivity index (χ0) is 17.6. The van der Waals surface area contributed by atoms with Crippen LogP contribution < -0.4 is 4.90 Å². The van der Waals surface area contributed by atoms with Crippen LogP contribution >= 0.6 is 15.9 Å². The monoisotopic (exact) mass is 404 g/mol. The molecule has 4 fully saturated rings. The number of rotatable bonds is 1. The van der Waals surface area contributed by atoms with E-state index in [2.05, 4.69) is 22.0 Å². The van der Waals surface area contributed by atoms with E-state index in [0.29, 0.717) is 35.2 Å². The quantitative estimate of drug-likeness (QED) is 0.772. The summed E-state index contributed by atoms with van der Waals surface area (Å²) >= 11 is 3.39. The van der Waals surface area contributed by atoms with Gasteiger partial charge in [0.1, 0.15) is 17.9 Å². The van der Waals surface area contributed by atoms with Crippen LogP contribution in [0.15, 0.2) is 22.7 Å². The molecule has 7 heteroatoms. The Hall–Kier alpha value is -1.46. The number of halogens is 1. The number of aliphatic hydroxyl groups is 1. The number of amides is 1. The van der Waals surface area contributed by atoms with E-state index in [0.717, 1.165) is 0 Å². The van der Waals surface area contributed by atoms with Crippen molar-refractivity contribution in [1.29, 1.82) is 5.26 Å². The topological polar surface area (TPSA) is 82.8 Å². The summed E-state index contributed by atoms with van der Waals surface area (Å²) in [6, 6.07) is 7.36. The molecule has 1 aromatic rings. The SMILES string of the molecule is C[C@]12C[C@@H](O)[C@@]3(CCO[C@@H]4[C@H]3[C@H]1C(=O)N4c1ccc(C#N)c(Br)c1)O2. The molecule has 6 atom stereocenters. The minimum absolute atomic E-state index is 0.0233. The molecule has 1 spiro atoms. The van der Waals surface area contributed by atoms with Crippen molar-refractivity contribution in [2.24, 2.45) is 11.8 Å². The standard InChI is InChI=1S/C18H17BrN2O4/c1-17-7-12(22)18(25-17)4-5-24-16-14(18)13(17)15(23)21(16)10-3-2-9(8-20)11(19)6-10/h2-3,6,12-14,16,22H,4-5,7H2,1H3/t12-,13+,14-,16-,17+,18-/m1/s1. The van der Waals surface area contributed by atoms with Gasteiger partial charge in [-0.3, -0.25) is 9.69 Å². The third kappa shape index (κ3) is 1.76.